The van der Waals surface area contributed by atoms with Crippen molar-refractivity contribution in [2.75, 3.05) is 64.4 Å². The molecule has 2 amide bonds. The van der Waals surface area contributed by atoms with Crippen molar-refractivity contribution >= 4 is 39.1 Å². The van der Waals surface area contributed by atoms with Crippen molar-refractivity contribution in [1.82, 2.24) is 14.5 Å². The lowest BCUT2D eigenvalue weighted by Crippen LogP contribution is -2.46. The predicted molar refractivity (Wildman–Crippen MR) is 205 cm³/mol. The third-order valence-electron chi connectivity index (χ3n) is 12.2. The van der Waals surface area contributed by atoms with E-state index in [1.165, 1.54) is 5.56 Å². The molecule has 52 heavy (non-hydrogen) atoms. The maximum atomic E-state index is 13.6. The van der Waals surface area contributed by atoms with Gasteiger partial charge in [0.05, 0.1) is 24.1 Å². The monoisotopic (exact) mass is 756 g/mol. The Balaban J connectivity index is 1.31. The van der Waals surface area contributed by atoms with Crippen LogP contribution in [0.15, 0.2) is 36.4 Å². The number of methoxy groups -OCH3 is 1. The molecule has 10 nitrogen and oxygen atoms in total. The summed E-state index contributed by atoms with van der Waals surface area (Å²) >= 11 is 6.39. The summed E-state index contributed by atoms with van der Waals surface area (Å²) in [5.74, 6) is 1.46. The van der Waals surface area contributed by atoms with Gasteiger partial charge in [0.2, 0.25) is 15.9 Å². The molecular formula is C40H57ClN4O6S. The second kappa shape index (κ2) is 17.5. The summed E-state index contributed by atoms with van der Waals surface area (Å²) in [6.45, 7) is 9.78. The van der Waals surface area contributed by atoms with E-state index >= 15 is 0 Å². The van der Waals surface area contributed by atoms with Crippen LogP contribution in [0.25, 0.3) is 0 Å². The summed E-state index contributed by atoms with van der Waals surface area (Å²) in [6, 6.07) is 11.3. The first-order valence-electron chi connectivity index (χ1n) is 19.4. The molecule has 0 spiro atoms. The zero-order valence-electron chi connectivity index (χ0n) is 31.2. The summed E-state index contributed by atoms with van der Waals surface area (Å²) < 4.78 is 41.3. The minimum absolute atomic E-state index is 0.126. The number of carbonyl (C=O) groups excluding carboxylic acids is 2. The quantitative estimate of drug-likeness (QED) is 0.387. The number of hydrogen-bond donors (Lipinski definition) is 1. The minimum Gasteiger partial charge on any atom is -0.487 e. The number of nitrogens with one attached hydrogen (secondary N) is 1. The molecule has 1 saturated heterocycles. The fourth-order valence-corrected chi connectivity index (χ4v) is 10.2. The molecule has 0 aromatic heterocycles. The number of carbonyl (C=O) groups is 2. The van der Waals surface area contributed by atoms with Gasteiger partial charge < -0.3 is 19.3 Å². The second-order valence-corrected chi connectivity index (χ2v) is 18.1. The molecule has 2 bridgehead atoms. The number of anilines is 1. The number of fused-ring (bicyclic) bond motifs is 3. The van der Waals surface area contributed by atoms with Crippen LogP contribution in [0.3, 0.4) is 0 Å². The molecule has 1 aliphatic carbocycles. The van der Waals surface area contributed by atoms with Crippen molar-refractivity contribution in [3.63, 3.8) is 0 Å². The number of ether oxygens (including phenoxy) is 2. The molecule has 3 heterocycles. The Labute approximate surface area is 315 Å². The van der Waals surface area contributed by atoms with Crippen molar-refractivity contribution in [3.8, 4) is 5.75 Å². The largest absolute Gasteiger partial charge is 0.487 e. The van der Waals surface area contributed by atoms with E-state index in [2.05, 4.69) is 14.5 Å². The Kier molecular flexibility index (Phi) is 13.1. The highest BCUT2D eigenvalue weighted by atomic mass is 35.5. The number of sulfonamides is 1. The van der Waals surface area contributed by atoms with E-state index in [1.54, 1.807) is 20.1 Å². The summed E-state index contributed by atoms with van der Waals surface area (Å²) in [4.78, 5) is 33.5. The fourth-order valence-electron chi connectivity index (χ4n) is 8.67. The molecule has 6 rings (SSSR count). The topological polar surface area (TPSA) is 108 Å². The molecule has 1 saturated carbocycles. The molecule has 4 aliphatic rings. The van der Waals surface area contributed by atoms with Crippen LogP contribution >= 0.6 is 11.6 Å². The first kappa shape index (κ1) is 38.9. The zero-order chi connectivity index (χ0) is 36.8. The maximum absolute atomic E-state index is 13.6. The SMILES string of the molecule is COCCN1CCCN(C[C@H]2CCC[C@H](C)[C@@H](C)S(=O)(=O)NC(=O)c3ccc4c(c3)N(CCCCc3cc(Cl)ccc3CO4)C[C@@H]3CC[C@@H]23)CC1=O. The first-order chi connectivity index (χ1) is 25.0. The van der Waals surface area contributed by atoms with Crippen LogP contribution in [0, 0.1) is 23.7 Å². The summed E-state index contributed by atoms with van der Waals surface area (Å²) in [5, 5.41) is -0.0122. The number of hydrogen-bond acceptors (Lipinski definition) is 8. The first-order valence-corrected chi connectivity index (χ1v) is 21.3. The van der Waals surface area contributed by atoms with Gasteiger partial charge >= 0.3 is 0 Å². The van der Waals surface area contributed by atoms with Crippen LogP contribution in [0.4, 0.5) is 5.69 Å². The summed E-state index contributed by atoms with van der Waals surface area (Å²) in [5.41, 5.74) is 3.41. The number of halogens is 1. The number of rotatable bonds is 5. The van der Waals surface area contributed by atoms with Crippen molar-refractivity contribution in [1.29, 1.82) is 0 Å². The molecule has 0 radical (unpaired) electrons. The Morgan fingerprint density at radius 3 is 2.58 bits per heavy atom. The van der Waals surface area contributed by atoms with Crippen molar-refractivity contribution in [2.24, 2.45) is 23.7 Å². The molecule has 2 fully saturated rings. The third kappa shape index (κ3) is 9.43. The smallest absolute Gasteiger partial charge is 0.264 e. The van der Waals surface area contributed by atoms with Gasteiger partial charge in [0.15, 0.2) is 0 Å². The lowest BCUT2D eigenvalue weighted by Gasteiger charge is -2.46. The van der Waals surface area contributed by atoms with Crippen LogP contribution in [0.5, 0.6) is 5.75 Å². The highest BCUT2D eigenvalue weighted by Crippen LogP contribution is 2.44. The standard InChI is InChI=1S/C40H57ClN4O6S/c1-28-8-6-10-32(24-43-17-7-19-44(20-21-50-3)39(46)26-43)36-15-12-33(36)25-45-18-5-4-9-30-22-35(41)14-11-34(30)27-51-38-16-13-31(23-37(38)45)40(47)42-52(48,49)29(28)2/h11,13-14,16,22-23,28-29,32-33,36H,4-10,12,15,17-21,24-27H2,1-3H3,(H,42,47)/t28-,29+,32+,33-,36-/m0/s1. The molecule has 0 unspecified atom stereocenters. The van der Waals surface area contributed by atoms with Gasteiger partial charge in [0.25, 0.3) is 5.91 Å². The summed E-state index contributed by atoms with van der Waals surface area (Å²) in [6.07, 6.45) is 8.68. The van der Waals surface area contributed by atoms with E-state index in [-0.39, 0.29) is 11.8 Å². The van der Waals surface area contributed by atoms with Gasteiger partial charge in [-0.3, -0.25) is 14.5 Å². The Morgan fingerprint density at radius 2 is 1.79 bits per heavy atom. The zero-order valence-corrected chi connectivity index (χ0v) is 32.7. The van der Waals surface area contributed by atoms with Crippen LogP contribution < -0.4 is 14.4 Å². The third-order valence-corrected chi connectivity index (χ3v) is 14.4. The van der Waals surface area contributed by atoms with Crippen molar-refractivity contribution < 1.29 is 27.5 Å². The van der Waals surface area contributed by atoms with E-state index in [1.807, 2.05) is 42.2 Å². The van der Waals surface area contributed by atoms with Gasteiger partial charge in [-0.05, 0) is 123 Å². The molecule has 1 N–H and O–H groups in total. The van der Waals surface area contributed by atoms with Crippen LogP contribution in [0.1, 0.15) is 86.7 Å². The Hall–Kier alpha value is -2.86. The van der Waals surface area contributed by atoms with Crippen LogP contribution in [-0.2, 0) is 32.6 Å². The molecular weight excluding hydrogens is 700 g/mol. The molecule has 286 valence electrons. The average molecular weight is 757 g/mol. The Morgan fingerprint density at radius 1 is 0.942 bits per heavy atom. The predicted octanol–water partition coefficient (Wildman–Crippen LogP) is 6.15. The fraction of sp³-hybridized carbons (Fsp3) is 0.650. The number of aryl methyl sites for hydroxylation is 1. The van der Waals surface area contributed by atoms with E-state index in [4.69, 9.17) is 21.1 Å². The van der Waals surface area contributed by atoms with Gasteiger partial charge in [-0.2, -0.15) is 0 Å². The van der Waals surface area contributed by atoms with Crippen molar-refractivity contribution in [3.05, 3.63) is 58.1 Å². The maximum Gasteiger partial charge on any atom is 0.264 e. The molecule has 5 atom stereocenters. The summed E-state index contributed by atoms with van der Waals surface area (Å²) in [7, 11) is -2.25. The highest BCUT2D eigenvalue weighted by Gasteiger charge is 2.40. The lowest BCUT2D eigenvalue weighted by atomic mass is 9.65. The molecule has 2 aromatic rings. The molecule has 12 heteroatoms. The van der Waals surface area contributed by atoms with Gasteiger partial charge in [0, 0.05) is 57.0 Å². The number of nitrogens with zero attached hydrogens (tertiary/aromatic N) is 3. The van der Waals surface area contributed by atoms with Gasteiger partial charge in [-0.25, -0.2) is 13.1 Å². The minimum atomic E-state index is -3.92. The normalized spacial score (nSPS) is 27.9. The van der Waals surface area contributed by atoms with Crippen LogP contribution in [-0.4, -0.2) is 94.8 Å². The van der Waals surface area contributed by atoms with E-state index in [9.17, 15) is 18.0 Å². The molecule has 2 aromatic carbocycles. The lowest BCUT2D eigenvalue weighted by molar-refractivity contribution is -0.132. The second-order valence-electron chi connectivity index (χ2n) is 15.6. The van der Waals surface area contributed by atoms with E-state index < -0.39 is 21.2 Å². The van der Waals surface area contributed by atoms with Crippen LogP contribution in [0.2, 0.25) is 5.02 Å². The Bertz CT molecular complexity index is 1670. The average Bonchev–Trinajstić information content (AvgIpc) is 3.29. The van der Waals surface area contributed by atoms with E-state index in [0.717, 1.165) is 102 Å². The number of amides is 2. The van der Waals surface area contributed by atoms with Gasteiger partial charge in [-0.15, -0.1) is 0 Å². The van der Waals surface area contributed by atoms with Gasteiger partial charge in [-0.1, -0.05) is 31.0 Å². The van der Waals surface area contributed by atoms with E-state index in [0.29, 0.717) is 60.4 Å². The van der Waals surface area contributed by atoms with Gasteiger partial charge in [0.1, 0.15) is 12.4 Å². The van der Waals surface area contributed by atoms with Crippen molar-refractivity contribution in [2.45, 2.75) is 83.5 Å². The molecule has 3 aliphatic heterocycles. The highest BCUT2D eigenvalue weighted by molar-refractivity contribution is 7.90. The number of benzene rings is 2.